The summed E-state index contributed by atoms with van der Waals surface area (Å²) in [6, 6.07) is 8.96. The van der Waals surface area contributed by atoms with Crippen LogP contribution in [0, 0.1) is 11.7 Å². The van der Waals surface area contributed by atoms with Crippen molar-refractivity contribution in [2.45, 2.75) is 58.0 Å². The highest BCUT2D eigenvalue weighted by molar-refractivity contribution is 5.97. The number of piperazine rings is 1. The van der Waals surface area contributed by atoms with Gasteiger partial charge in [-0.05, 0) is 48.6 Å². The number of hydrogen-bond donors (Lipinski definition) is 1. The van der Waals surface area contributed by atoms with Crippen molar-refractivity contribution >= 4 is 17.5 Å². The van der Waals surface area contributed by atoms with Crippen molar-refractivity contribution in [3.63, 3.8) is 0 Å². The summed E-state index contributed by atoms with van der Waals surface area (Å²) in [5.41, 5.74) is 3.56. The van der Waals surface area contributed by atoms with Crippen molar-refractivity contribution < 1.29 is 14.0 Å². The number of aromatic nitrogens is 1. The van der Waals surface area contributed by atoms with Gasteiger partial charge in [0.2, 0.25) is 11.8 Å². The molecule has 0 aliphatic carbocycles. The number of carbonyl (C=O) groups is 2. The minimum atomic E-state index is -0.251. The number of nitrogens with one attached hydrogen (secondary N) is 1. The molecule has 2 saturated heterocycles. The highest BCUT2D eigenvalue weighted by Crippen LogP contribution is 2.39. The number of pyridine rings is 1. The van der Waals surface area contributed by atoms with Gasteiger partial charge in [-0.2, -0.15) is 0 Å². The van der Waals surface area contributed by atoms with Crippen LogP contribution in [0.15, 0.2) is 36.5 Å². The van der Waals surface area contributed by atoms with E-state index >= 15 is 0 Å². The van der Waals surface area contributed by atoms with E-state index in [-0.39, 0.29) is 35.1 Å². The molecule has 0 spiro atoms. The van der Waals surface area contributed by atoms with Crippen LogP contribution in [0.3, 0.4) is 0 Å². The lowest BCUT2D eigenvalue weighted by molar-refractivity contribution is -0.128. The zero-order chi connectivity index (χ0) is 26.3. The smallest absolute Gasteiger partial charge is 0.241 e. The van der Waals surface area contributed by atoms with Gasteiger partial charge in [-0.25, -0.2) is 4.39 Å². The fourth-order valence-electron chi connectivity index (χ4n) is 6.00. The molecule has 37 heavy (non-hydrogen) atoms. The molecular formula is C29H38FN5O2. The van der Waals surface area contributed by atoms with Gasteiger partial charge in [-0.3, -0.25) is 19.5 Å². The molecule has 8 heteroatoms. The second-order valence-corrected chi connectivity index (χ2v) is 11.9. The first-order valence-electron chi connectivity index (χ1n) is 13.4. The van der Waals surface area contributed by atoms with Crippen LogP contribution in [0.2, 0.25) is 0 Å². The first kappa shape index (κ1) is 25.8. The normalized spacial score (nSPS) is 25.5. The minimum Gasteiger partial charge on any atom is -0.341 e. The van der Waals surface area contributed by atoms with E-state index in [9.17, 15) is 14.0 Å². The fourth-order valence-corrected chi connectivity index (χ4v) is 6.00. The molecule has 198 valence electrons. The molecule has 4 heterocycles. The Kier molecular flexibility index (Phi) is 7.07. The van der Waals surface area contributed by atoms with Crippen LogP contribution in [0.4, 0.5) is 10.1 Å². The van der Waals surface area contributed by atoms with Crippen LogP contribution < -0.4 is 10.2 Å². The number of carbonyl (C=O) groups excluding carboxylic acids is 2. The molecule has 7 nitrogen and oxygen atoms in total. The molecule has 0 bridgehead atoms. The number of amides is 2. The third kappa shape index (κ3) is 5.55. The fraction of sp³-hybridized carbons (Fsp3) is 0.552. The lowest BCUT2D eigenvalue weighted by atomic mass is 9.91. The maximum Gasteiger partial charge on any atom is 0.241 e. The molecule has 1 N–H and O–H groups in total. The summed E-state index contributed by atoms with van der Waals surface area (Å²) >= 11 is 0. The molecule has 0 saturated carbocycles. The third-order valence-electron chi connectivity index (χ3n) is 7.94. The monoisotopic (exact) mass is 507 g/mol. The molecule has 0 radical (unpaired) electrons. The number of anilines is 1. The van der Waals surface area contributed by atoms with Crippen molar-refractivity contribution in [2.75, 3.05) is 44.2 Å². The predicted octanol–water partition coefficient (Wildman–Crippen LogP) is 2.97. The molecule has 0 unspecified atom stereocenters. The Bertz CT molecular complexity index is 1170. The Labute approximate surface area is 219 Å². The molecule has 2 amide bonds. The van der Waals surface area contributed by atoms with E-state index in [0.717, 1.165) is 42.1 Å². The first-order valence-corrected chi connectivity index (χ1v) is 13.4. The van der Waals surface area contributed by atoms with E-state index in [1.165, 1.54) is 12.1 Å². The highest BCUT2D eigenvalue weighted by Gasteiger charge is 2.41. The Morgan fingerprint density at radius 2 is 1.92 bits per heavy atom. The van der Waals surface area contributed by atoms with Crippen LogP contribution in [-0.4, -0.2) is 78.0 Å². The molecule has 2 fully saturated rings. The number of rotatable bonds is 6. The molecule has 2 aromatic rings. The molecule has 1 aromatic heterocycles. The maximum atomic E-state index is 13.8. The van der Waals surface area contributed by atoms with Gasteiger partial charge >= 0.3 is 0 Å². The summed E-state index contributed by atoms with van der Waals surface area (Å²) in [4.78, 5) is 37.1. The standard InChI is InChI=1S/C29H38FN5O2/c1-19-9-26(36)34(14-19)16-24-13-31-20(2)15-33(24)17-27(37)35-18-29(3,4)28-25(35)11-22(12-32-28)10-21-5-7-23(30)8-6-21/h5-8,11-12,19-20,24,31H,9-10,13-18H2,1-4H3/t19-,20+,24+/m0/s1. The predicted molar refractivity (Wildman–Crippen MR) is 142 cm³/mol. The number of benzene rings is 1. The van der Waals surface area contributed by atoms with Crippen molar-refractivity contribution in [1.82, 2.24) is 20.1 Å². The van der Waals surface area contributed by atoms with Gasteiger partial charge in [0.05, 0.1) is 17.9 Å². The summed E-state index contributed by atoms with van der Waals surface area (Å²) < 4.78 is 13.3. The zero-order valence-electron chi connectivity index (χ0n) is 22.3. The Hall–Kier alpha value is -2.84. The van der Waals surface area contributed by atoms with E-state index in [2.05, 4.69) is 44.0 Å². The number of hydrogen-bond acceptors (Lipinski definition) is 5. The molecular weight excluding hydrogens is 469 g/mol. The van der Waals surface area contributed by atoms with Crippen molar-refractivity contribution in [1.29, 1.82) is 0 Å². The minimum absolute atomic E-state index is 0.0628. The molecule has 3 aliphatic heterocycles. The number of likely N-dealkylation sites (tertiary alicyclic amines) is 1. The van der Waals surface area contributed by atoms with Crippen molar-refractivity contribution in [2.24, 2.45) is 5.92 Å². The number of nitrogens with zero attached hydrogens (tertiary/aromatic N) is 4. The zero-order valence-corrected chi connectivity index (χ0v) is 22.3. The summed E-state index contributed by atoms with van der Waals surface area (Å²) in [5, 5.41) is 3.53. The van der Waals surface area contributed by atoms with E-state index in [1.807, 2.05) is 16.0 Å². The van der Waals surface area contributed by atoms with Gasteiger partial charge in [0.15, 0.2) is 0 Å². The van der Waals surface area contributed by atoms with Crippen LogP contribution in [0.25, 0.3) is 0 Å². The van der Waals surface area contributed by atoms with Gasteiger partial charge in [-0.1, -0.05) is 32.9 Å². The van der Waals surface area contributed by atoms with Gasteiger partial charge in [0, 0.05) is 62.8 Å². The highest BCUT2D eigenvalue weighted by atomic mass is 19.1. The van der Waals surface area contributed by atoms with Crippen LogP contribution in [0.5, 0.6) is 0 Å². The lowest BCUT2D eigenvalue weighted by Crippen LogP contribution is -2.61. The quantitative estimate of drug-likeness (QED) is 0.651. The Morgan fingerprint density at radius 1 is 1.16 bits per heavy atom. The molecule has 3 aliphatic rings. The lowest BCUT2D eigenvalue weighted by Gasteiger charge is -2.41. The number of halogens is 1. The number of fused-ring (bicyclic) bond motifs is 1. The second kappa shape index (κ2) is 10.1. The summed E-state index contributed by atoms with van der Waals surface area (Å²) in [6.45, 7) is 12.4. The second-order valence-electron chi connectivity index (χ2n) is 11.9. The Morgan fingerprint density at radius 3 is 2.62 bits per heavy atom. The largest absolute Gasteiger partial charge is 0.341 e. The summed E-state index contributed by atoms with van der Waals surface area (Å²) in [6.07, 6.45) is 3.12. The summed E-state index contributed by atoms with van der Waals surface area (Å²) in [7, 11) is 0. The maximum absolute atomic E-state index is 13.8. The van der Waals surface area contributed by atoms with Crippen molar-refractivity contribution in [3.8, 4) is 0 Å². The summed E-state index contributed by atoms with van der Waals surface area (Å²) in [5.74, 6) is 0.414. The topological polar surface area (TPSA) is 68.8 Å². The van der Waals surface area contributed by atoms with Crippen LogP contribution >= 0.6 is 0 Å². The molecule has 1 aromatic carbocycles. The molecule has 3 atom stereocenters. The van der Waals surface area contributed by atoms with E-state index in [0.29, 0.717) is 38.4 Å². The Balaban J connectivity index is 1.33. The van der Waals surface area contributed by atoms with Crippen molar-refractivity contribution in [3.05, 3.63) is 59.2 Å². The molecule has 5 rings (SSSR count). The van der Waals surface area contributed by atoms with Crippen LogP contribution in [-0.2, 0) is 21.4 Å². The SMILES string of the molecule is C[C@H]1CC(=O)N(C[C@H]2CN[C@H](C)CN2CC(=O)N2CC(C)(C)c3ncc(Cc4ccc(F)cc4)cc32)C1. The van der Waals surface area contributed by atoms with Gasteiger partial charge in [0.25, 0.3) is 0 Å². The van der Waals surface area contributed by atoms with Crippen LogP contribution in [0.1, 0.15) is 50.9 Å². The third-order valence-corrected chi connectivity index (χ3v) is 7.94. The van der Waals surface area contributed by atoms with Gasteiger partial charge in [-0.15, -0.1) is 0 Å². The van der Waals surface area contributed by atoms with E-state index in [1.54, 1.807) is 12.1 Å². The first-order chi connectivity index (χ1) is 17.6. The van der Waals surface area contributed by atoms with Gasteiger partial charge in [0.1, 0.15) is 5.82 Å². The van der Waals surface area contributed by atoms with E-state index in [4.69, 9.17) is 4.98 Å². The average molecular weight is 508 g/mol. The average Bonchev–Trinajstić information content (AvgIpc) is 3.30. The van der Waals surface area contributed by atoms with E-state index < -0.39 is 0 Å². The van der Waals surface area contributed by atoms with Gasteiger partial charge < -0.3 is 15.1 Å².